The number of ketones is 2. The molecule has 0 amide bonds. The van der Waals surface area contributed by atoms with Crippen molar-refractivity contribution in [3.05, 3.63) is 65.2 Å². The van der Waals surface area contributed by atoms with Crippen molar-refractivity contribution < 1.29 is 28.6 Å². The van der Waals surface area contributed by atoms with E-state index in [0.29, 0.717) is 17.9 Å². The Hall–Kier alpha value is -2.68. The number of carbonyl (C=O) groups excluding carboxylic acids is 3. The third kappa shape index (κ3) is 6.08. The number of nitrogens with zero attached hydrogens (tertiary/aromatic N) is 1. The topological polar surface area (TPSA) is 82.1 Å². The standard InChI is InChI=1S/C31H37NO6S/c1-20(33)37-23(18-36-22-11-9-21(10-12-22)30(2,3)4)17-32-15-13-31(14-16-32)19-39-29-27(35)26(34)24-7-5-6-8-25(24)28(29)38-31/h5-12,23,28-29H,13-19H2,1-4H3/t23-,28?,29?/m0/s1. The Balaban J connectivity index is 1.19. The summed E-state index contributed by atoms with van der Waals surface area (Å²) in [4.78, 5) is 39.5. The van der Waals surface area contributed by atoms with E-state index in [1.54, 1.807) is 23.9 Å². The summed E-state index contributed by atoms with van der Waals surface area (Å²) in [6, 6.07) is 15.4. The van der Waals surface area contributed by atoms with Crippen molar-refractivity contribution in [1.82, 2.24) is 4.90 Å². The number of ether oxygens (including phenoxy) is 3. The molecule has 0 N–H and O–H groups in total. The van der Waals surface area contributed by atoms with Crippen molar-refractivity contribution in [2.45, 2.75) is 69.0 Å². The number of piperidine rings is 1. The number of likely N-dealkylation sites (tertiary alicyclic amines) is 1. The van der Waals surface area contributed by atoms with Crippen LogP contribution in [0.2, 0.25) is 0 Å². The maximum atomic E-state index is 12.8. The molecule has 2 heterocycles. The molecule has 0 saturated carbocycles. The third-order valence-corrected chi connectivity index (χ3v) is 9.40. The fourth-order valence-corrected chi connectivity index (χ4v) is 7.12. The van der Waals surface area contributed by atoms with Crippen LogP contribution in [0.25, 0.3) is 0 Å². The second-order valence-corrected chi connectivity index (χ2v) is 13.0. The summed E-state index contributed by atoms with van der Waals surface area (Å²) in [5.41, 5.74) is 2.24. The van der Waals surface area contributed by atoms with Crippen LogP contribution in [-0.4, -0.2) is 71.4 Å². The van der Waals surface area contributed by atoms with E-state index in [2.05, 4.69) is 37.8 Å². The molecule has 2 aromatic rings. The van der Waals surface area contributed by atoms with Gasteiger partial charge in [-0.1, -0.05) is 57.2 Å². The summed E-state index contributed by atoms with van der Waals surface area (Å²) in [6.45, 7) is 10.4. The maximum absolute atomic E-state index is 12.8. The lowest BCUT2D eigenvalue weighted by molar-refractivity contribution is -0.151. The van der Waals surface area contributed by atoms with Crippen LogP contribution in [0.3, 0.4) is 0 Å². The fourth-order valence-electron chi connectivity index (χ4n) is 5.64. The molecule has 2 saturated heterocycles. The van der Waals surface area contributed by atoms with E-state index in [1.165, 1.54) is 12.5 Å². The molecule has 208 valence electrons. The van der Waals surface area contributed by atoms with Gasteiger partial charge in [0.05, 0.1) is 5.60 Å². The van der Waals surface area contributed by atoms with Crippen molar-refractivity contribution in [3.63, 3.8) is 0 Å². The lowest BCUT2D eigenvalue weighted by Gasteiger charge is -2.49. The third-order valence-electron chi connectivity index (χ3n) is 7.89. The smallest absolute Gasteiger partial charge is 0.303 e. The first-order valence-electron chi connectivity index (χ1n) is 13.6. The van der Waals surface area contributed by atoms with Crippen LogP contribution >= 0.6 is 11.8 Å². The molecule has 39 heavy (non-hydrogen) atoms. The number of benzene rings is 2. The van der Waals surface area contributed by atoms with Crippen LogP contribution < -0.4 is 4.74 Å². The summed E-state index contributed by atoms with van der Waals surface area (Å²) in [7, 11) is 0. The normalized spacial score (nSPS) is 23.6. The number of carbonyl (C=O) groups is 3. The highest BCUT2D eigenvalue weighted by Crippen LogP contribution is 2.48. The van der Waals surface area contributed by atoms with Gasteiger partial charge < -0.3 is 14.2 Å². The second kappa shape index (κ2) is 11.1. The summed E-state index contributed by atoms with van der Waals surface area (Å²) >= 11 is 1.56. The Morgan fingerprint density at radius 1 is 1.10 bits per heavy atom. The van der Waals surface area contributed by atoms with E-state index in [0.717, 1.165) is 37.2 Å². The Morgan fingerprint density at radius 3 is 2.46 bits per heavy atom. The number of esters is 1. The van der Waals surface area contributed by atoms with Crippen molar-refractivity contribution in [1.29, 1.82) is 0 Å². The molecule has 0 radical (unpaired) electrons. The van der Waals surface area contributed by atoms with Crippen molar-refractivity contribution in [2.75, 3.05) is 32.0 Å². The van der Waals surface area contributed by atoms with Gasteiger partial charge in [-0.3, -0.25) is 19.3 Å². The first-order chi connectivity index (χ1) is 18.5. The molecule has 1 spiro atoms. The van der Waals surface area contributed by atoms with E-state index in [4.69, 9.17) is 14.2 Å². The molecule has 2 unspecified atom stereocenters. The predicted octanol–water partition coefficient (Wildman–Crippen LogP) is 4.77. The van der Waals surface area contributed by atoms with Crippen LogP contribution in [0.5, 0.6) is 5.75 Å². The molecule has 3 atom stereocenters. The zero-order chi connectivity index (χ0) is 27.8. The molecular formula is C31H37NO6S. The average molecular weight is 552 g/mol. The van der Waals surface area contributed by atoms with Crippen LogP contribution in [0.4, 0.5) is 0 Å². The minimum Gasteiger partial charge on any atom is -0.490 e. The monoisotopic (exact) mass is 551 g/mol. The van der Waals surface area contributed by atoms with E-state index < -0.39 is 23.2 Å². The number of hydrogen-bond acceptors (Lipinski definition) is 8. The molecule has 2 aromatic carbocycles. The number of hydrogen-bond donors (Lipinski definition) is 0. The van der Waals surface area contributed by atoms with Crippen LogP contribution in [0, 0.1) is 0 Å². The van der Waals surface area contributed by atoms with Gasteiger partial charge in [-0.25, -0.2) is 0 Å². The van der Waals surface area contributed by atoms with Gasteiger partial charge in [0, 0.05) is 37.9 Å². The van der Waals surface area contributed by atoms with Crippen LogP contribution in [-0.2, 0) is 24.5 Å². The highest BCUT2D eigenvalue weighted by atomic mass is 32.2. The van der Waals surface area contributed by atoms with E-state index in [-0.39, 0.29) is 29.4 Å². The first kappa shape index (κ1) is 27.9. The number of fused-ring (bicyclic) bond motifs is 3. The van der Waals surface area contributed by atoms with Gasteiger partial charge in [0.1, 0.15) is 29.8 Å². The molecule has 2 fully saturated rings. The summed E-state index contributed by atoms with van der Waals surface area (Å²) < 4.78 is 18.3. The zero-order valence-electron chi connectivity index (χ0n) is 23.1. The van der Waals surface area contributed by atoms with E-state index in [1.807, 2.05) is 24.3 Å². The average Bonchev–Trinajstić information content (AvgIpc) is 2.91. The number of thioether (sulfide) groups is 1. The van der Waals surface area contributed by atoms with Crippen molar-refractivity contribution in [3.8, 4) is 5.75 Å². The van der Waals surface area contributed by atoms with Gasteiger partial charge in [-0.15, -0.1) is 11.8 Å². The van der Waals surface area contributed by atoms with Crippen LogP contribution in [0.1, 0.15) is 68.1 Å². The maximum Gasteiger partial charge on any atom is 0.303 e. The van der Waals surface area contributed by atoms with E-state index >= 15 is 0 Å². The SMILES string of the molecule is CC(=O)O[C@H](COc1ccc(C(C)(C)C)cc1)CN1CCC2(CC1)CSC1C(=O)C(=O)c3ccccc3C1O2. The first-order valence-corrected chi connectivity index (χ1v) is 14.7. The lowest BCUT2D eigenvalue weighted by atomic mass is 9.85. The Labute approximate surface area is 234 Å². The van der Waals surface area contributed by atoms with E-state index in [9.17, 15) is 14.4 Å². The summed E-state index contributed by atoms with van der Waals surface area (Å²) in [6.07, 6.45) is 0.813. The van der Waals surface area contributed by atoms with Crippen LogP contribution in [0.15, 0.2) is 48.5 Å². The Bertz CT molecular complexity index is 1230. The summed E-state index contributed by atoms with van der Waals surface area (Å²) in [5.74, 6) is 0.351. The molecule has 8 heteroatoms. The fraction of sp³-hybridized carbons (Fsp3) is 0.516. The highest BCUT2D eigenvalue weighted by molar-refractivity contribution is 8.00. The molecule has 0 aromatic heterocycles. The second-order valence-electron chi connectivity index (χ2n) is 11.9. The lowest BCUT2D eigenvalue weighted by Crippen LogP contribution is -2.55. The predicted molar refractivity (Wildman–Crippen MR) is 150 cm³/mol. The quantitative estimate of drug-likeness (QED) is 0.375. The zero-order valence-corrected chi connectivity index (χ0v) is 23.9. The van der Waals surface area contributed by atoms with Gasteiger partial charge in [-0.05, 0) is 41.5 Å². The molecule has 1 aliphatic carbocycles. The van der Waals surface area contributed by atoms with Gasteiger partial charge >= 0.3 is 5.97 Å². The summed E-state index contributed by atoms with van der Waals surface area (Å²) in [5, 5.41) is -0.473. The molecule has 3 aliphatic rings. The highest BCUT2D eigenvalue weighted by Gasteiger charge is 2.51. The molecule has 0 bridgehead atoms. The Morgan fingerprint density at radius 2 is 1.79 bits per heavy atom. The number of Topliss-reactive ketones (excluding diaryl/α,β-unsaturated/α-hetero) is 2. The minimum absolute atomic E-state index is 0.0687. The minimum atomic E-state index is -0.473. The Kier molecular flexibility index (Phi) is 7.91. The number of rotatable bonds is 6. The van der Waals surface area contributed by atoms with Gasteiger partial charge in [0.25, 0.3) is 0 Å². The molecular weight excluding hydrogens is 514 g/mol. The molecule has 2 aliphatic heterocycles. The largest absolute Gasteiger partial charge is 0.490 e. The molecule has 5 rings (SSSR count). The van der Waals surface area contributed by atoms with Gasteiger partial charge in [0.15, 0.2) is 0 Å². The molecule has 7 nitrogen and oxygen atoms in total. The van der Waals surface area contributed by atoms with Crippen molar-refractivity contribution >= 4 is 29.3 Å². The van der Waals surface area contributed by atoms with Gasteiger partial charge in [-0.2, -0.15) is 0 Å². The van der Waals surface area contributed by atoms with Gasteiger partial charge in [0.2, 0.25) is 11.6 Å². The van der Waals surface area contributed by atoms with Crippen molar-refractivity contribution in [2.24, 2.45) is 0 Å².